The third-order valence-corrected chi connectivity index (χ3v) is 5.20. The maximum atomic E-state index is 12.6. The number of amides is 1. The van der Waals surface area contributed by atoms with Crippen LogP contribution in [0.2, 0.25) is 0 Å². The largest absolute Gasteiger partial charge is 0.496 e. The van der Waals surface area contributed by atoms with Gasteiger partial charge in [-0.3, -0.25) is 4.79 Å². The lowest BCUT2D eigenvalue weighted by molar-refractivity contribution is -0.115. The van der Waals surface area contributed by atoms with E-state index >= 15 is 0 Å². The Kier molecular flexibility index (Phi) is 5.16. The number of pyridine rings is 1. The molecule has 3 aromatic rings. The SMILES string of the molecule is COc1cccc2[nH]cc(CC(=O)Nc3cc(N4CCN(C)CC4)ccn3)c12. The minimum absolute atomic E-state index is 0.102. The van der Waals surface area contributed by atoms with Gasteiger partial charge in [-0.2, -0.15) is 0 Å². The van der Waals surface area contributed by atoms with Crippen molar-refractivity contribution in [1.82, 2.24) is 14.9 Å². The van der Waals surface area contributed by atoms with Gasteiger partial charge >= 0.3 is 0 Å². The summed E-state index contributed by atoms with van der Waals surface area (Å²) < 4.78 is 5.44. The lowest BCUT2D eigenvalue weighted by Gasteiger charge is -2.34. The van der Waals surface area contributed by atoms with Crippen molar-refractivity contribution in [1.29, 1.82) is 0 Å². The van der Waals surface area contributed by atoms with Crippen molar-refractivity contribution in [3.8, 4) is 5.75 Å². The first-order valence-corrected chi connectivity index (χ1v) is 9.46. The Morgan fingerprint density at radius 1 is 1.25 bits per heavy atom. The number of likely N-dealkylation sites (N-methyl/N-ethyl adjacent to an activating group) is 1. The van der Waals surface area contributed by atoms with Crippen LogP contribution in [0.25, 0.3) is 10.9 Å². The highest BCUT2D eigenvalue weighted by atomic mass is 16.5. The van der Waals surface area contributed by atoms with Crippen molar-refractivity contribution in [3.05, 3.63) is 48.3 Å². The molecule has 0 radical (unpaired) electrons. The van der Waals surface area contributed by atoms with Gasteiger partial charge in [-0.25, -0.2) is 4.98 Å². The number of ether oxygens (including phenoxy) is 1. The number of benzene rings is 1. The summed E-state index contributed by atoms with van der Waals surface area (Å²) in [5.74, 6) is 1.24. The number of methoxy groups -OCH3 is 1. The van der Waals surface area contributed by atoms with Crippen LogP contribution in [0.1, 0.15) is 5.56 Å². The van der Waals surface area contributed by atoms with Gasteiger partial charge in [0, 0.05) is 61.2 Å². The average Bonchev–Trinajstić information content (AvgIpc) is 3.11. The summed E-state index contributed by atoms with van der Waals surface area (Å²) in [7, 11) is 3.77. The molecular weight excluding hydrogens is 354 g/mol. The van der Waals surface area contributed by atoms with Gasteiger partial charge in [0.05, 0.1) is 13.5 Å². The Balaban J connectivity index is 1.47. The van der Waals surface area contributed by atoms with Crippen LogP contribution in [0.3, 0.4) is 0 Å². The summed E-state index contributed by atoms with van der Waals surface area (Å²) in [4.78, 5) is 24.8. The Labute approximate surface area is 164 Å². The minimum Gasteiger partial charge on any atom is -0.496 e. The number of carbonyl (C=O) groups is 1. The van der Waals surface area contributed by atoms with Gasteiger partial charge in [-0.1, -0.05) is 6.07 Å². The standard InChI is InChI=1S/C21H25N5O2/c1-25-8-10-26(11-9-25)16-6-7-22-19(13-16)24-20(27)12-15-14-23-17-4-3-5-18(28-2)21(15)17/h3-7,13-14,23H,8-12H2,1-2H3,(H,22,24,27). The van der Waals surface area contributed by atoms with E-state index in [2.05, 4.69) is 32.1 Å². The number of fused-ring (bicyclic) bond motifs is 1. The highest BCUT2D eigenvalue weighted by molar-refractivity contribution is 5.97. The molecule has 2 aromatic heterocycles. The third-order valence-electron chi connectivity index (χ3n) is 5.20. The summed E-state index contributed by atoms with van der Waals surface area (Å²) in [5.41, 5.74) is 2.95. The lowest BCUT2D eigenvalue weighted by atomic mass is 10.1. The first-order chi connectivity index (χ1) is 13.6. The number of nitrogens with zero attached hydrogens (tertiary/aromatic N) is 3. The van der Waals surface area contributed by atoms with E-state index in [1.165, 1.54) is 0 Å². The van der Waals surface area contributed by atoms with Crippen LogP contribution in [0.15, 0.2) is 42.7 Å². The molecule has 146 valence electrons. The summed E-state index contributed by atoms with van der Waals surface area (Å²) in [6.07, 6.45) is 3.86. The number of H-pyrrole nitrogens is 1. The van der Waals surface area contributed by atoms with Crippen molar-refractivity contribution >= 4 is 28.3 Å². The number of aromatic amines is 1. The molecule has 2 N–H and O–H groups in total. The van der Waals surface area contributed by atoms with Gasteiger partial charge in [0.1, 0.15) is 11.6 Å². The highest BCUT2D eigenvalue weighted by Gasteiger charge is 2.16. The van der Waals surface area contributed by atoms with E-state index < -0.39 is 0 Å². The molecule has 1 saturated heterocycles. The predicted molar refractivity (Wildman–Crippen MR) is 111 cm³/mol. The summed E-state index contributed by atoms with van der Waals surface area (Å²) in [6.45, 7) is 4.02. The number of aromatic nitrogens is 2. The second-order valence-corrected chi connectivity index (χ2v) is 7.11. The van der Waals surface area contributed by atoms with E-state index in [1.807, 2.05) is 36.5 Å². The normalized spacial score (nSPS) is 15.0. The fourth-order valence-corrected chi connectivity index (χ4v) is 3.64. The first-order valence-electron chi connectivity index (χ1n) is 9.46. The van der Waals surface area contributed by atoms with Crippen LogP contribution >= 0.6 is 0 Å². The molecule has 0 unspecified atom stereocenters. The van der Waals surface area contributed by atoms with Crippen LogP contribution in [0.4, 0.5) is 11.5 Å². The fraction of sp³-hybridized carbons (Fsp3) is 0.333. The van der Waals surface area contributed by atoms with Crippen LogP contribution in [-0.2, 0) is 11.2 Å². The van der Waals surface area contributed by atoms with Gasteiger partial charge in [-0.15, -0.1) is 0 Å². The molecule has 1 aromatic carbocycles. The quantitative estimate of drug-likeness (QED) is 0.713. The number of anilines is 2. The third kappa shape index (κ3) is 3.80. The van der Waals surface area contributed by atoms with Gasteiger partial charge in [0.2, 0.25) is 5.91 Å². The Morgan fingerprint density at radius 2 is 2.07 bits per heavy atom. The topological polar surface area (TPSA) is 73.5 Å². The minimum atomic E-state index is -0.102. The molecule has 0 atom stereocenters. The number of hydrogen-bond donors (Lipinski definition) is 2. The maximum Gasteiger partial charge on any atom is 0.230 e. The van der Waals surface area contributed by atoms with Crippen molar-refractivity contribution in [2.75, 3.05) is 50.6 Å². The Hall–Kier alpha value is -3.06. The number of carbonyl (C=O) groups excluding carboxylic acids is 1. The lowest BCUT2D eigenvalue weighted by Crippen LogP contribution is -2.44. The van der Waals surface area contributed by atoms with E-state index in [0.717, 1.165) is 54.1 Å². The summed E-state index contributed by atoms with van der Waals surface area (Å²) >= 11 is 0. The number of nitrogens with one attached hydrogen (secondary N) is 2. The monoisotopic (exact) mass is 379 g/mol. The van der Waals surface area contributed by atoms with Gasteiger partial charge in [0.25, 0.3) is 0 Å². The van der Waals surface area contributed by atoms with Crippen molar-refractivity contribution in [2.45, 2.75) is 6.42 Å². The Bertz CT molecular complexity index is 976. The van der Waals surface area contributed by atoms with Crippen LogP contribution < -0.4 is 15.0 Å². The molecular formula is C21H25N5O2. The van der Waals surface area contributed by atoms with E-state index in [4.69, 9.17) is 4.74 Å². The molecule has 1 fully saturated rings. The van der Waals surface area contributed by atoms with Gasteiger partial charge in [-0.05, 0) is 30.8 Å². The molecule has 3 heterocycles. The molecule has 0 bridgehead atoms. The summed E-state index contributed by atoms with van der Waals surface area (Å²) in [6, 6.07) is 9.73. The van der Waals surface area contributed by atoms with Gasteiger partial charge in [0.15, 0.2) is 0 Å². The zero-order valence-electron chi connectivity index (χ0n) is 16.2. The Morgan fingerprint density at radius 3 is 2.86 bits per heavy atom. The molecule has 0 saturated carbocycles. The van der Waals surface area contributed by atoms with E-state index in [0.29, 0.717) is 5.82 Å². The molecule has 1 aliphatic rings. The molecule has 7 nitrogen and oxygen atoms in total. The fourth-order valence-electron chi connectivity index (χ4n) is 3.64. The zero-order chi connectivity index (χ0) is 19.5. The predicted octanol–water partition coefficient (Wildman–Crippen LogP) is 2.50. The van der Waals surface area contributed by atoms with Gasteiger partial charge < -0.3 is 24.8 Å². The molecule has 0 spiro atoms. The second-order valence-electron chi connectivity index (χ2n) is 7.11. The molecule has 28 heavy (non-hydrogen) atoms. The zero-order valence-corrected chi connectivity index (χ0v) is 16.2. The van der Waals surface area contributed by atoms with Crippen LogP contribution in [-0.4, -0.2) is 61.1 Å². The van der Waals surface area contributed by atoms with Crippen molar-refractivity contribution < 1.29 is 9.53 Å². The van der Waals surface area contributed by atoms with E-state index in [9.17, 15) is 4.79 Å². The van der Waals surface area contributed by atoms with Crippen molar-refractivity contribution in [2.24, 2.45) is 0 Å². The number of piperazine rings is 1. The number of rotatable bonds is 5. The molecule has 7 heteroatoms. The first kappa shape index (κ1) is 18.3. The average molecular weight is 379 g/mol. The molecule has 1 aliphatic heterocycles. The second kappa shape index (κ2) is 7.90. The smallest absolute Gasteiger partial charge is 0.230 e. The van der Waals surface area contributed by atoms with Crippen LogP contribution in [0.5, 0.6) is 5.75 Å². The highest BCUT2D eigenvalue weighted by Crippen LogP contribution is 2.29. The van der Waals surface area contributed by atoms with E-state index in [-0.39, 0.29) is 12.3 Å². The maximum absolute atomic E-state index is 12.6. The number of hydrogen-bond acceptors (Lipinski definition) is 5. The molecule has 4 rings (SSSR count). The molecule has 0 aliphatic carbocycles. The van der Waals surface area contributed by atoms with Crippen LogP contribution in [0, 0.1) is 0 Å². The van der Waals surface area contributed by atoms with Crippen molar-refractivity contribution in [3.63, 3.8) is 0 Å². The van der Waals surface area contributed by atoms with E-state index in [1.54, 1.807) is 13.3 Å². The summed E-state index contributed by atoms with van der Waals surface area (Å²) in [5, 5.41) is 3.87. The molecule has 1 amide bonds.